The number of hydrazone groups is 1. The summed E-state index contributed by atoms with van der Waals surface area (Å²) in [4.78, 5) is 27.8. The Morgan fingerprint density at radius 2 is 2.09 bits per heavy atom. The average molecular weight is 324 g/mol. The maximum atomic E-state index is 13.3. The maximum Gasteiger partial charge on any atom is 0.251 e. The lowest BCUT2D eigenvalue weighted by molar-refractivity contribution is -0.120. The molecule has 0 fully saturated rings. The van der Waals surface area contributed by atoms with Gasteiger partial charge in [0.1, 0.15) is 11.6 Å². The molecular weight excluding hydrogens is 314 g/mol. The monoisotopic (exact) mass is 324 g/mol. The quantitative estimate of drug-likeness (QED) is 0.451. The standard InChI is InChI=1S/C13H10F2N4O2S/c14-8-2-1-7(10(15)3-8)6-16-19-12(21)5-9-4-11(20)18-13(22)17-9/h1-4,6H,5H2,(H,19,21)(H2,17,18,20,22)/b16-6-. The van der Waals surface area contributed by atoms with Gasteiger partial charge < -0.3 is 4.98 Å². The van der Waals surface area contributed by atoms with Crippen LogP contribution in [-0.4, -0.2) is 22.1 Å². The molecule has 0 spiro atoms. The molecule has 3 N–H and O–H groups in total. The molecular formula is C13H10F2N4O2S. The fraction of sp³-hybridized carbons (Fsp3) is 0.0769. The summed E-state index contributed by atoms with van der Waals surface area (Å²) < 4.78 is 26.1. The van der Waals surface area contributed by atoms with Crippen LogP contribution < -0.4 is 11.0 Å². The van der Waals surface area contributed by atoms with Crippen molar-refractivity contribution >= 4 is 24.3 Å². The van der Waals surface area contributed by atoms with E-state index in [0.717, 1.165) is 12.3 Å². The molecule has 0 aliphatic heterocycles. The van der Waals surface area contributed by atoms with E-state index in [2.05, 4.69) is 20.5 Å². The number of hydrogen-bond donors (Lipinski definition) is 3. The van der Waals surface area contributed by atoms with Crippen LogP contribution in [0.3, 0.4) is 0 Å². The lowest BCUT2D eigenvalue weighted by Gasteiger charge is -2.00. The van der Waals surface area contributed by atoms with Gasteiger partial charge in [-0.1, -0.05) is 0 Å². The van der Waals surface area contributed by atoms with E-state index in [1.54, 1.807) is 0 Å². The topological polar surface area (TPSA) is 90.1 Å². The number of halogens is 2. The van der Waals surface area contributed by atoms with Gasteiger partial charge in [-0.15, -0.1) is 0 Å². The fourth-order valence-corrected chi connectivity index (χ4v) is 1.84. The number of nitrogens with zero attached hydrogens (tertiary/aromatic N) is 1. The second-order valence-corrected chi connectivity index (χ2v) is 4.66. The number of aromatic amines is 2. The molecule has 1 heterocycles. The van der Waals surface area contributed by atoms with E-state index in [0.29, 0.717) is 11.8 Å². The van der Waals surface area contributed by atoms with Crippen molar-refractivity contribution in [3.05, 3.63) is 62.3 Å². The summed E-state index contributed by atoms with van der Waals surface area (Å²) in [6.07, 6.45) is 0.892. The highest BCUT2D eigenvalue weighted by atomic mass is 32.1. The molecule has 0 unspecified atom stereocenters. The third-order valence-corrected chi connectivity index (χ3v) is 2.73. The van der Waals surface area contributed by atoms with Crippen LogP contribution in [0.1, 0.15) is 11.3 Å². The van der Waals surface area contributed by atoms with Crippen LogP contribution in [0.2, 0.25) is 0 Å². The van der Waals surface area contributed by atoms with Crippen LogP contribution in [0.25, 0.3) is 0 Å². The van der Waals surface area contributed by atoms with Crippen molar-refractivity contribution in [1.29, 1.82) is 0 Å². The summed E-state index contributed by atoms with van der Waals surface area (Å²) in [5.41, 5.74) is 2.08. The van der Waals surface area contributed by atoms with E-state index in [4.69, 9.17) is 12.2 Å². The van der Waals surface area contributed by atoms with E-state index < -0.39 is 23.1 Å². The van der Waals surface area contributed by atoms with Crippen molar-refractivity contribution in [2.75, 3.05) is 0 Å². The number of carbonyl (C=O) groups excluding carboxylic acids is 1. The first-order chi connectivity index (χ1) is 10.4. The van der Waals surface area contributed by atoms with Gasteiger partial charge in [-0.25, -0.2) is 14.2 Å². The van der Waals surface area contributed by atoms with Crippen molar-refractivity contribution in [3.63, 3.8) is 0 Å². The first-order valence-corrected chi connectivity index (χ1v) is 6.44. The number of hydrogen-bond acceptors (Lipinski definition) is 4. The van der Waals surface area contributed by atoms with E-state index in [9.17, 15) is 18.4 Å². The smallest absolute Gasteiger partial charge is 0.251 e. The van der Waals surface area contributed by atoms with Crippen LogP contribution in [0.5, 0.6) is 0 Å². The third-order valence-electron chi connectivity index (χ3n) is 2.52. The average Bonchev–Trinajstić information content (AvgIpc) is 2.40. The van der Waals surface area contributed by atoms with Gasteiger partial charge in [0.15, 0.2) is 4.77 Å². The Balaban J connectivity index is 1.99. The molecule has 2 rings (SSSR count). The second-order valence-electron chi connectivity index (χ2n) is 4.25. The third kappa shape index (κ3) is 4.42. The highest BCUT2D eigenvalue weighted by Crippen LogP contribution is 2.06. The molecule has 1 aromatic carbocycles. The van der Waals surface area contributed by atoms with E-state index >= 15 is 0 Å². The summed E-state index contributed by atoms with van der Waals surface area (Å²) in [5, 5.41) is 3.56. The van der Waals surface area contributed by atoms with Crippen LogP contribution in [0.15, 0.2) is 34.2 Å². The number of amides is 1. The molecule has 9 heteroatoms. The predicted octanol–water partition coefficient (Wildman–Crippen LogP) is 1.40. The predicted molar refractivity (Wildman–Crippen MR) is 78.0 cm³/mol. The second kappa shape index (κ2) is 6.85. The normalized spacial score (nSPS) is 10.8. The Hall–Kier alpha value is -2.68. The van der Waals surface area contributed by atoms with Crippen LogP contribution in [-0.2, 0) is 11.2 Å². The Labute approximate surface area is 127 Å². The number of carbonyl (C=O) groups is 1. The Bertz CT molecular complexity index is 816. The molecule has 0 radical (unpaired) electrons. The molecule has 0 saturated carbocycles. The van der Waals surface area contributed by atoms with Crippen molar-refractivity contribution in [2.45, 2.75) is 6.42 Å². The molecule has 0 aliphatic carbocycles. The van der Waals surface area contributed by atoms with Crippen molar-refractivity contribution < 1.29 is 13.6 Å². The molecule has 1 amide bonds. The SMILES string of the molecule is O=C(Cc1cc(=O)[nH]c(=S)[nH]1)N/N=C\c1ccc(F)cc1F. The number of rotatable bonds is 4. The van der Waals surface area contributed by atoms with Gasteiger partial charge in [0.25, 0.3) is 5.56 Å². The Morgan fingerprint density at radius 3 is 2.77 bits per heavy atom. The highest BCUT2D eigenvalue weighted by Gasteiger charge is 2.04. The van der Waals surface area contributed by atoms with Gasteiger partial charge >= 0.3 is 0 Å². The lowest BCUT2D eigenvalue weighted by Crippen LogP contribution is -2.21. The molecule has 0 atom stereocenters. The van der Waals surface area contributed by atoms with Gasteiger partial charge in [-0.3, -0.25) is 14.6 Å². The summed E-state index contributed by atoms with van der Waals surface area (Å²) in [6, 6.07) is 4.16. The molecule has 2 aromatic rings. The molecule has 0 bridgehead atoms. The first-order valence-electron chi connectivity index (χ1n) is 6.03. The molecule has 0 aliphatic rings. The van der Waals surface area contributed by atoms with Crippen molar-refractivity contribution in [1.82, 2.24) is 15.4 Å². The summed E-state index contributed by atoms with van der Waals surface area (Å²) in [6.45, 7) is 0. The van der Waals surface area contributed by atoms with Gasteiger partial charge in [-0.2, -0.15) is 5.10 Å². The lowest BCUT2D eigenvalue weighted by atomic mass is 10.2. The zero-order valence-electron chi connectivity index (χ0n) is 11.0. The minimum absolute atomic E-state index is 0.0252. The largest absolute Gasteiger partial charge is 0.335 e. The van der Waals surface area contributed by atoms with Crippen LogP contribution in [0, 0.1) is 16.4 Å². The van der Waals surface area contributed by atoms with Gasteiger partial charge in [0.05, 0.1) is 12.6 Å². The van der Waals surface area contributed by atoms with Gasteiger partial charge in [-0.05, 0) is 24.4 Å². The zero-order valence-corrected chi connectivity index (χ0v) is 11.8. The minimum atomic E-state index is -0.795. The molecule has 6 nitrogen and oxygen atoms in total. The molecule has 114 valence electrons. The molecule has 0 saturated heterocycles. The van der Waals surface area contributed by atoms with Crippen LogP contribution >= 0.6 is 12.2 Å². The minimum Gasteiger partial charge on any atom is -0.335 e. The Kier molecular flexibility index (Phi) is 4.89. The summed E-state index contributed by atoms with van der Waals surface area (Å²) in [5.74, 6) is -2.03. The van der Waals surface area contributed by atoms with Crippen molar-refractivity contribution in [2.24, 2.45) is 5.10 Å². The van der Waals surface area contributed by atoms with E-state index in [-0.39, 0.29) is 16.8 Å². The van der Waals surface area contributed by atoms with E-state index in [1.165, 1.54) is 12.1 Å². The molecule has 1 aromatic heterocycles. The number of benzene rings is 1. The fourth-order valence-electron chi connectivity index (χ4n) is 1.61. The zero-order chi connectivity index (χ0) is 16.1. The summed E-state index contributed by atoms with van der Waals surface area (Å²) in [7, 11) is 0. The van der Waals surface area contributed by atoms with E-state index in [1.807, 2.05) is 0 Å². The van der Waals surface area contributed by atoms with Crippen LogP contribution in [0.4, 0.5) is 8.78 Å². The highest BCUT2D eigenvalue weighted by molar-refractivity contribution is 7.71. The molecule has 22 heavy (non-hydrogen) atoms. The summed E-state index contributed by atoms with van der Waals surface area (Å²) >= 11 is 4.77. The van der Waals surface area contributed by atoms with Gasteiger partial charge in [0, 0.05) is 23.4 Å². The van der Waals surface area contributed by atoms with Gasteiger partial charge in [0.2, 0.25) is 5.91 Å². The number of H-pyrrole nitrogens is 2. The maximum absolute atomic E-state index is 13.3. The Morgan fingerprint density at radius 1 is 1.32 bits per heavy atom. The number of aromatic nitrogens is 2. The number of nitrogens with one attached hydrogen (secondary N) is 3. The first kappa shape index (κ1) is 15.7. The van der Waals surface area contributed by atoms with Crippen molar-refractivity contribution in [3.8, 4) is 0 Å².